The number of aromatic nitrogens is 2. The van der Waals surface area contributed by atoms with E-state index in [1.54, 1.807) is 0 Å². The van der Waals surface area contributed by atoms with Gasteiger partial charge in [-0.15, -0.1) is 0 Å². The maximum absolute atomic E-state index is 12.9. The first kappa shape index (κ1) is 15.1. The second-order valence-corrected chi connectivity index (χ2v) is 7.08. The number of nitrogens with one attached hydrogen (secondary N) is 2. The number of aromatic amines is 1. The summed E-state index contributed by atoms with van der Waals surface area (Å²) >= 11 is 0. The molecule has 6 nitrogen and oxygen atoms in total. The molecule has 1 saturated heterocycles. The molecular weight excluding hydrogens is 290 g/mol. The Kier molecular flexibility index (Phi) is 4.35. The first-order chi connectivity index (χ1) is 11.3. The minimum Gasteiger partial charge on any atom is -0.336 e. The van der Waals surface area contributed by atoms with Gasteiger partial charge in [0.1, 0.15) is 0 Å². The second kappa shape index (κ2) is 6.61. The summed E-state index contributed by atoms with van der Waals surface area (Å²) in [6.07, 6.45) is 7.43. The fraction of sp³-hybridized carbons (Fsp3) is 0.765. The standard InChI is InChI=1S/C17H27N5O/c23-17(16-14-12-18-7-6-15(14)19-20-16)22-9-3-8-21(10-11-22)13-4-1-2-5-13/h13,18H,1-12H2,(H,19,20). The molecule has 126 valence electrons. The molecule has 4 rings (SSSR count). The van der Waals surface area contributed by atoms with Crippen LogP contribution in [0, 0.1) is 0 Å². The van der Waals surface area contributed by atoms with Crippen molar-refractivity contribution in [3.8, 4) is 0 Å². The van der Waals surface area contributed by atoms with Crippen molar-refractivity contribution in [1.29, 1.82) is 0 Å². The average molecular weight is 317 g/mol. The molecule has 0 aromatic carbocycles. The Morgan fingerprint density at radius 3 is 2.83 bits per heavy atom. The van der Waals surface area contributed by atoms with Crippen LogP contribution in [0.4, 0.5) is 0 Å². The van der Waals surface area contributed by atoms with Crippen LogP contribution in [-0.4, -0.2) is 64.7 Å². The van der Waals surface area contributed by atoms with Gasteiger partial charge in [-0.05, 0) is 19.3 Å². The van der Waals surface area contributed by atoms with Gasteiger partial charge in [-0.25, -0.2) is 0 Å². The molecular formula is C17H27N5O. The van der Waals surface area contributed by atoms with Crippen molar-refractivity contribution >= 4 is 5.91 Å². The predicted octanol–water partition coefficient (Wildman–Crippen LogP) is 1.15. The Balaban J connectivity index is 1.43. The normalized spacial score (nSPS) is 23.7. The average Bonchev–Trinajstić information content (AvgIpc) is 3.19. The number of carbonyl (C=O) groups is 1. The molecule has 0 spiro atoms. The van der Waals surface area contributed by atoms with Crippen LogP contribution in [0.2, 0.25) is 0 Å². The van der Waals surface area contributed by atoms with E-state index in [1.165, 1.54) is 25.7 Å². The number of nitrogens with zero attached hydrogens (tertiary/aromatic N) is 3. The third kappa shape index (κ3) is 3.02. The van der Waals surface area contributed by atoms with Gasteiger partial charge in [0, 0.05) is 63.0 Å². The Morgan fingerprint density at radius 2 is 1.96 bits per heavy atom. The van der Waals surface area contributed by atoms with E-state index in [2.05, 4.69) is 20.4 Å². The van der Waals surface area contributed by atoms with Crippen LogP contribution in [0.15, 0.2) is 0 Å². The van der Waals surface area contributed by atoms with Gasteiger partial charge < -0.3 is 10.2 Å². The summed E-state index contributed by atoms with van der Waals surface area (Å²) in [5, 5.41) is 10.7. The minimum atomic E-state index is 0.111. The van der Waals surface area contributed by atoms with E-state index in [0.717, 1.165) is 69.4 Å². The van der Waals surface area contributed by atoms with E-state index in [1.807, 2.05) is 4.90 Å². The Bertz CT molecular complexity index is 563. The number of rotatable bonds is 2. The third-order valence-corrected chi connectivity index (χ3v) is 5.67. The van der Waals surface area contributed by atoms with Gasteiger partial charge in [0.15, 0.2) is 5.69 Å². The molecule has 3 aliphatic rings. The van der Waals surface area contributed by atoms with Gasteiger partial charge in [-0.1, -0.05) is 12.8 Å². The van der Waals surface area contributed by atoms with E-state index in [-0.39, 0.29) is 5.91 Å². The van der Waals surface area contributed by atoms with Crippen molar-refractivity contribution in [2.75, 3.05) is 32.7 Å². The number of carbonyl (C=O) groups excluding carboxylic acids is 1. The Labute approximate surface area is 137 Å². The summed E-state index contributed by atoms with van der Waals surface area (Å²) in [6, 6.07) is 0.757. The molecule has 0 unspecified atom stereocenters. The molecule has 23 heavy (non-hydrogen) atoms. The first-order valence-electron chi connectivity index (χ1n) is 9.13. The summed E-state index contributed by atoms with van der Waals surface area (Å²) in [5.41, 5.74) is 2.86. The molecule has 0 atom stereocenters. The lowest BCUT2D eigenvalue weighted by atomic mass is 10.1. The van der Waals surface area contributed by atoms with E-state index >= 15 is 0 Å². The number of amides is 1. The second-order valence-electron chi connectivity index (χ2n) is 7.08. The highest BCUT2D eigenvalue weighted by atomic mass is 16.2. The van der Waals surface area contributed by atoms with Crippen molar-refractivity contribution < 1.29 is 4.79 Å². The van der Waals surface area contributed by atoms with Crippen molar-refractivity contribution in [2.24, 2.45) is 0 Å². The summed E-state index contributed by atoms with van der Waals surface area (Å²) in [5.74, 6) is 0.111. The van der Waals surface area contributed by atoms with Crippen molar-refractivity contribution in [1.82, 2.24) is 25.3 Å². The van der Waals surface area contributed by atoms with E-state index in [0.29, 0.717) is 5.69 Å². The van der Waals surface area contributed by atoms with Crippen molar-refractivity contribution in [3.05, 3.63) is 17.0 Å². The van der Waals surface area contributed by atoms with Gasteiger partial charge in [-0.3, -0.25) is 14.8 Å². The number of hydrogen-bond acceptors (Lipinski definition) is 4. The number of fused-ring (bicyclic) bond motifs is 1. The van der Waals surface area contributed by atoms with Gasteiger partial charge in [0.25, 0.3) is 5.91 Å². The lowest BCUT2D eigenvalue weighted by Crippen LogP contribution is -2.39. The quantitative estimate of drug-likeness (QED) is 0.859. The number of H-pyrrole nitrogens is 1. The summed E-state index contributed by atoms with van der Waals surface area (Å²) in [6.45, 7) is 5.56. The van der Waals surface area contributed by atoms with Crippen molar-refractivity contribution in [2.45, 2.75) is 51.1 Å². The molecule has 1 aromatic heterocycles. The topological polar surface area (TPSA) is 64.3 Å². The van der Waals surface area contributed by atoms with Crippen molar-refractivity contribution in [3.63, 3.8) is 0 Å². The molecule has 3 heterocycles. The summed E-state index contributed by atoms with van der Waals surface area (Å²) in [7, 11) is 0. The van der Waals surface area contributed by atoms with Gasteiger partial charge in [0.05, 0.1) is 0 Å². The monoisotopic (exact) mass is 317 g/mol. The highest BCUT2D eigenvalue weighted by Crippen LogP contribution is 2.25. The molecule has 1 saturated carbocycles. The first-order valence-corrected chi connectivity index (χ1v) is 9.13. The van der Waals surface area contributed by atoms with Crippen LogP contribution in [-0.2, 0) is 13.0 Å². The summed E-state index contributed by atoms with van der Waals surface area (Å²) in [4.78, 5) is 17.5. The number of hydrogen-bond donors (Lipinski definition) is 2. The lowest BCUT2D eigenvalue weighted by molar-refractivity contribution is 0.0751. The molecule has 0 radical (unpaired) electrons. The van der Waals surface area contributed by atoms with E-state index in [9.17, 15) is 4.79 Å². The molecule has 0 bridgehead atoms. The largest absolute Gasteiger partial charge is 0.336 e. The zero-order valence-electron chi connectivity index (χ0n) is 13.8. The van der Waals surface area contributed by atoms with Crippen LogP contribution in [0.5, 0.6) is 0 Å². The predicted molar refractivity (Wildman–Crippen MR) is 88.3 cm³/mol. The highest BCUT2D eigenvalue weighted by molar-refractivity contribution is 5.94. The Hall–Kier alpha value is -1.40. The zero-order chi connectivity index (χ0) is 15.6. The fourth-order valence-electron chi connectivity index (χ4n) is 4.33. The zero-order valence-corrected chi connectivity index (χ0v) is 13.8. The SMILES string of the molecule is O=C(c1n[nH]c2c1CNCC2)N1CCCN(C2CCCC2)CC1. The maximum Gasteiger partial charge on any atom is 0.274 e. The molecule has 6 heteroatoms. The van der Waals surface area contributed by atoms with Gasteiger partial charge in [-0.2, -0.15) is 5.10 Å². The fourth-order valence-corrected chi connectivity index (χ4v) is 4.33. The highest BCUT2D eigenvalue weighted by Gasteiger charge is 2.29. The molecule has 1 aromatic rings. The molecule has 2 aliphatic heterocycles. The van der Waals surface area contributed by atoms with Crippen LogP contribution in [0.3, 0.4) is 0 Å². The third-order valence-electron chi connectivity index (χ3n) is 5.67. The molecule has 1 aliphatic carbocycles. The van der Waals surface area contributed by atoms with Crippen LogP contribution in [0.1, 0.15) is 53.8 Å². The molecule has 1 amide bonds. The van der Waals surface area contributed by atoms with Crippen LogP contribution in [0.25, 0.3) is 0 Å². The van der Waals surface area contributed by atoms with E-state index < -0.39 is 0 Å². The van der Waals surface area contributed by atoms with Gasteiger partial charge in [0.2, 0.25) is 0 Å². The maximum atomic E-state index is 12.9. The Morgan fingerprint density at radius 1 is 1.09 bits per heavy atom. The van der Waals surface area contributed by atoms with Gasteiger partial charge >= 0.3 is 0 Å². The molecule has 2 fully saturated rings. The summed E-state index contributed by atoms with van der Waals surface area (Å²) < 4.78 is 0. The minimum absolute atomic E-state index is 0.111. The molecule has 2 N–H and O–H groups in total. The smallest absolute Gasteiger partial charge is 0.274 e. The van der Waals surface area contributed by atoms with Crippen LogP contribution < -0.4 is 5.32 Å². The lowest BCUT2D eigenvalue weighted by Gasteiger charge is -2.27. The van der Waals surface area contributed by atoms with E-state index in [4.69, 9.17) is 0 Å². The van der Waals surface area contributed by atoms with Crippen LogP contribution >= 0.6 is 0 Å².